The molecule has 0 bridgehead atoms. The van der Waals surface area contributed by atoms with Gasteiger partial charge in [0.05, 0.1) is 11.7 Å². The molecule has 0 aromatic heterocycles. The third-order valence-corrected chi connectivity index (χ3v) is 5.84. The van der Waals surface area contributed by atoms with Crippen molar-refractivity contribution < 1.29 is 19.4 Å². The van der Waals surface area contributed by atoms with Gasteiger partial charge in [0, 0.05) is 12.5 Å². The second-order valence-corrected chi connectivity index (χ2v) is 9.27. The number of epoxide rings is 1. The first-order chi connectivity index (χ1) is 13.2. The third kappa shape index (κ3) is 5.71. The van der Waals surface area contributed by atoms with E-state index >= 15 is 0 Å². The highest BCUT2D eigenvalue weighted by Gasteiger charge is 2.53. The maximum Gasteiger partial charge on any atom is 0.331 e. The van der Waals surface area contributed by atoms with E-state index < -0.39 is 0 Å². The molecule has 3 rings (SSSR count). The summed E-state index contributed by atoms with van der Waals surface area (Å²) in [5.41, 5.74) is 2.12. The smallest absolute Gasteiger partial charge is 0.331 e. The number of esters is 1. The van der Waals surface area contributed by atoms with E-state index in [0.717, 1.165) is 37.7 Å². The number of benzene rings is 1. The summed E-state index contributed by atoms with van der Waals surface area (Å²) in [5.74, 6) is -0.132. The van der Waals surface area contributed by atoms with E-state index in [4.69, 9.17) is 9.47 Å². The lowest BCUT2D eigenvalue weighted by Crippen LogP contribution is -2.29. The molecule has 1 aromatic rings. The van der Waals surface area contributed by atoms with Gasteiger partial charge in [-0.15, -0.1) is 0 Å². The minimum absolute atomic E-state index is 0.0535. The lowest BCUT2D eigenvalue weighted by atomic mass is 9.81. The molecule has 3 unspecified atom stereocenters. The summed E-state index contributed by atoms with van der Waals surface area (Å²) in [4.78, 5) is 12.4. The molecule has 1 saturated heterocycles. The van der Waals surface area contributed by atoms with E-state index in [-0.39, 0.29) is 34.9 Å². The SMILES string of the molecule is CC1=CCC(C)(C)CC(OC(=O)C=Cc2ccc(O)cc2)CC2(C)OC2CC1. The van der Waals surface area contributed by atoms with Gasteiger partial charge in [-0.05, 0) is 68.7 Å². The number of phenolic OH excluding ortho intramolecular Hbond substituents is 1. The van der Waals surface area contributed by atoms with Gasteiger partial charge in [0.2, 0.25) is 0 Å². The van der Waals surface area contributed by atoms with Crippen LogP contribution in [0, 0.1) is 5.41 Å². The first kappa shape index (κ1) is 20.7. The standard InChI is InChI=1S/C24H32O4/c1-17-5-11-21-24(4,28-21)16-20(15-23(2,3)14-13-17)27-22(26)12-8-18-6-9-19(25)10-7-18/h6-10,12-13,20-21,25H,5,11,14-16H2,1-4H3. The maximum absolute atomic E-state index is 12.4. The van der Waals surface area contributed by atoms with E-state index in [1.165, 1.54) is 11.6 Å². The largest absolute Gasteiger partial charge is 0.508 e. The van der Waals surface area contributed by atoms with Crippen molar-refractivity contribution in [1.29, 1.82) is 0 Å². The predicted octanol–water partition coefficient (Wildman–Crippen LogP) is 5.41. The molecule has 1 heterocycles. The van der Waals surface area contributed by atoms with Crippen LogP contribution in [0.4, 0.5) is 0 Å². The minimum atomic E-state index is -0.337. The highest BCUT2D eigenvalue weighted by atomic mass is 16.6. The van der Waals surface area contributed by atoms with Crippen LogP contribution in [-0.4, -0.2) is 28.9 Å². The number of phenols is 1. The van der Waals surface area contributed by atoms with Crippen LogP contribution in [0.1, 0.15) is 65.4 Å². The van der Waals surface area contributed by atoms with Crippen LogP contribution < -0.4 is 0 Å². The van der Waals surface area contributed by atoms with Crippen molar-refractivity contribution in [3.63, 3.8) is 0 Å². The Morgan fingerprint density at radius 3 is 2.64 bits per heavy atom. The second-order valence-electron chi connectivity index (χ2n) is 9.27. The van der Waals surface area contributed by atoms with Crippen LogP contribution in [0.3, 0.4) is 0 Å². The van der Waals surface area contributed by atoms with Crippen molar-refractivity contribution in [3.05, 3.63) is 47.6 Å². The zero-order chi connectivity index (χ0) is 20.4. The summed E-state index contributed by atoms with van der Waals surface area (Å²) in [6.07, 6.45) is 10.2. The van der Waals surface area contributed by atoms with Crippen molar-refractivity contribution in [2.75, 3.05) is 0 Å². The third-order valence-electron chi connectivity index (χ3n) is 5.84. The monoisotopic (exact) mass is 384 g/mol. The Morgan fingerprint density at radius 2 is 1.93 bits per heavy atom. The average molecular weight is 385 g/mol. The number of rotatable bonds is 3. The van der Waals surface area contributed by atoms with E-state index in [1.807, 2.05) is 0 Å². The second kappa shape index (κ2) is 8.12. The van der Waals surface area contributed by atoms with Crippen LogP contribution in [0.5, 0.6) is 5.75 Å². The molecule has 1 aliphatic heterocycles. The van der Waals surface area contributed by atoms with Crippen molar-refractivity contribution >= 4 is 12.0 Å². The average Bonchev–Trinajstić information content (AvgIpc) is 3.26. The van der Waals surface area contributed by atoms with E-state index in [1.54, 1.807) is 30.3 Å². The molecule has 0 spiro atoms. The number of hydrogen-bond acceptors (Lipinski definition) is 4. The van der Waals surface area contributed by atoms with Gasteiger partial charge in [-0.25, -0.2) is 4.79 Å². The highest BCUT2D eigenvalue weighted by Crippen LogP contribution is 2.46. The first-order valence-electron chi connectivity index (χ1n) is 10.2. The molecule has 0 radical (unpaired) electrons. The molecule has 1 fully saturated rings. The molecule has 152 valence electrons. The Labute approximate surface area is 168 Å². The van der Waals surface area contributed by atoms with Crippen LogP contribution in [-0.2, 0) is 14.3 Å². The maximum atomic E-state index is 12.4. The molecule has 4 nitrogen and oxygen atoms in total. The number of fused-ring (bicyclic) bond motifs is 1. The van der Waals surface area contributed by atoms with Crippen LogP contribution in [0.25, 0.3) is 6.08 Å². The van der Waals surface area contributed by atoms with Crippen molar-refractivity contribution in [2.45, 2.75) is 77.6 Å². The summed E-state index contributed by atoms with van der Waals surface area (Å²) < 4.78 is 11.8. The topological polar surface area (TPSA) is 59.1 Å². The number of ether oxygens (including phenoxy) is 2. The molecule has 1 N–H and O–H groups in total. The zero-order valence-electron chi connectivity index (χ0n) is 17.4. The summed E-state index contributed by atoms with van der Waals surface area (Å²) in [5, 5.41) is 9.35. The number of carbonyl (C=O) groups is 1. The molecular weight excluding hydrogens is 352 g/mol. The Bertz CT molecular complexity index is 759. The Hall–Kier alpha value is -2.07. The van der Waals surface area contributed by atoms with Crippen LogP contribution in [0.15, 0.2) is 42.0 Å². The molecule has 0 amide bonds. The van der Waals surface area contributed by atoms with E-state index in [2.05, 4.69) is 33.8 Å². The molecular formula is C24H32O4. The van der Waals surface area contributed by atoms with Gasteiger partial charge in [-0.1, -0.05) is 37.6 Å². The predicted molar refractivity (Wildman–Crippen MR) is 111 cm³/mol. The molecule has 28 heavy (non-hydrogen) atoms. The first-order valence-corrected chi connectivity index (χ1v) is 10.2. The molecule has 1 aliphatic carbocycles. The fraction of sp³-hybridized carbons (Fsp3) is 0.542. The van der Waals surface area contributed by atoms with Gasteiger partial charge in [0.25, 0.3) is 0 Å². The number of carbonyl (C=O) groups excluding carboxylic acids is 1. The Balaban J connectivity index is 1.68. The van der Waals surface area contributed by atoms with Crippen molar-refractivity contribution in [1.82, 2.24) is 0 Å². The summed E-state index contributed by atoms with van der Waals surface area (Å²) in [6.45, 7) is 8.79. The normalized spacial score (nSPS) is 30.1. The fourth-order valence-corrected chi connectivity index (χ4v) is 4.01. The summed E-state index contributed by atoms with van der Waals surface area (Å²) >= 11 is 0. The lowest BCUT2D eigenvalue weighted by Gasteiger charge is -2.29. The molecule has 3 atom stereocenters. The summed E-state index contributed by atoms with van der Waals surface area (Å²) in [7, 11) is 0. The van der Waals surface area contributed by atoms with Gasteiger partial charge < -0.3 is 14.6 Å². The van der Waals surface area contributed by atoms with E-state index in [9.17, 15) is 9.90 Å². The minimum Gasteiger partial charge on any atom is -0.508 e. The van der Waals surface area contributed by atoms with Crippen molar-refractivity contribution in [3.8, 4) is 5.75 Å². The lowest BCUT2D eigenvalue weighted by molar-refractivity contribution is -0.145. The van der Waals surface area contributed by atoms with Crippen LogP contribution in [0.2, 0.25) is 0 Å². The Kier molecular flexibility index (Phi) is 5.99. The Morgan fingerprint density at radius 1 is 1.21 bits per heavy atom. The molecule has 1 aromatic carbocycles. The summed E-state index contributed by atoms with van der Waals surface area (Å²) in [6, 6.07) is 6.71. The number of aromatic hydroxyl groups is 1. The van der Waals surface area contributed by atoms with Crippen molar-refractivity contribution in [2.24, 2.45) is 5.41 Å². The molecule has 0 saturated carbocycles. The molecule has 4 heteroatoms. The van der Waals surface area contributed by atoms with Gasteiger partial charge >= 0.3 is 5.97 Å². The van der Waals surface area contributed by atoms with E-state index in [0.29, 0.717) is 0 Å². The van der Waals surface area contributed by atoms with Crippen LogP contribution >= 0.6 is 0 Å². The van der Waals surface area contributed by atoms with Gasteiger partial charge in [-0.2, -0.15) is 0 Å². The fourth-order valence-electron chi connectivity index (χ4n) is 4.01. The van der Waals surface area contributed by atoms with Gasteiger partial charge in [0.15, 0.2) is 0 Å². The van der Waals surface area contributed by atoms with Gasteiger partial charge in [-0.3, -0.25) is 0 Å². The quantitative estimate of drug-likeness (QED) is 0.327. The molecule has 2 aliphatic rings. The zero-order valence-corrected chi connectivity index (χ0v) is 17.4. The number of hydrogen-bond donors (Lipinski definition) is 1. The number of allylic oxidation sites excluding steroid dienone is 2. The van der Waals surface area contributed by atoms with Gasteiger partial charge in [0.1, 0.15) is 11.9 Å². The highest BCUT2D eigenvalue weighted by molar-refractivity contribution is 5.87.